The van der Waals surface area contributed by atoms with E-state index in [1.54, 1.807) is 20.8 Å². The molecule has 0 aromatic rings. The molecule has 3 aliphatic carbocycles. The Labute approximate surface area is 310 Å². The number of carbonyl (C=O) groups is 4. The van der Waals surface area contributed by atoms with E-state index in [2.05, 4.69) is 37.2 Å². The maximum absolute atomic E-state index is 12.1. The van der Waals surface area contributed by atoms with Gasteiger partial charge >= 0.3 is 0 Å². The van der Waals surface area contributed by atoms with Crippen molar-refractivity contribution in [1.29, 1.82) is 0 Å². The van der Waals surface area contributed by atoms with E-state index in [0.717, 1.165) is 0 Å². The summed E-state index contributed by atoms with van der Waals surface area (Å²) in [4.78, 5) is 48.6. The molecular weight excluding hydrogens is 818 g/mol. The van der Waals surface area contributed by atoms with Crippen molar-refractivity contribution in [3.8, 4) is 0 Å². The van der Waals surface area contributed by atoms with Crippen molar-refractivity contribution < 1.29 is 29.4 Å². The zero-order valence-corrected chi connectivity index (χ0v) is 37.7. The highest BCUT2D eigenvalue weighted by Gasteiger charge is 2.62. The van der Waals surface area contributed by atoms with E-state index < -0.39 is 27.6 Å². The number of aliphatic hydroxyl groups excluding tert-OH is 2. The summed E-state index contributed by atoms with van der Waals surface area (Å²) in [6.07, 6.45) is 0. The number of halogens is 2. The lowest BCUT2D eigenvalue weighted by atomic mass is 9.46. The number of aliphatic hydroxyl groups is 2. The van der Waals surface area contributed by atoms with Gasteiger partial charge < -0.3 is 10.2 Å². The van der Waals surface area contributed by atoms with Crippen molar-refractivity contribution in [3.05, 3.63) is 22.7 Å². The molecule has 1 fully saturated rings. The fourth-order valence-corrected chi connectivity index (χ4v) is 7.41. The van der Waals surface area contributed by atoms with Gasteiger partial charge in [0.15, 0.2) is 11.6 Å². The second-order valence-corrected chi connectivity index (χ2v) is 18.7. The Morgan fingerprint density at radius 3 is 0.830 bits per heavy atom. The number of Topliss-reactive ketones (excluding diaryl/α,β-unsaturated/α-hetero) is 4. The van der Waals surface area contributed by atoms with Gasteiger partial charge in [0.1, 0.15) is 23.1 Å². The van der Waals surface area contributed by atoms with Crippen molar-refractivity contribution in [2.45, 2.75) is 145 Å². The molecule has 47 heavy (non-hydrogen) atoms. The number of hydrogen-bond acceptors (Lipinski definition) is 6. The Bertz CT molecular complexity index is 1250. The Morgan fingerprint density at radius 1 is 0.426 bits per heavy atom. The molecule has 0 spiro atoms. The SMILES string of the molecule is CC1=C(O)C(C)(C)C(C)(C)C(C)(C)C1=O.CC1=C(O)C(C)(C)C(C)(C)C(C)(C)C1=O.CC1C(=O)C(C)(C)C(C)(C)C(C)(C)C1=O.II. The first kappa shape index (κ1) is 46.2. The predicted octanol–water partition coefficient (Wildman–Crippen LogP) is 11.6. The fourth-order valence-electron chi connectivity index (χ4n) is 7.41. The Balaban J connectivity index is 0.000000657. The first-order valence-electron chi connectivity index (χ1n) is 16.6. The van der Waals surface area contributed by atoms with Crippen LogP contribution in [0.5, 0.6) is 0 Å². The van der Waals surface area contributed by atoms with E-state index in [0.29, 0.717) is 11.1 Å². The lowest BCUT2D eigenvalue weighted by Crippen LogP contribution is -2.60. The molecule has 0 aromatic carbocycles. The number of allylic oxidation sites excluding steroid dienone is 4. The molecular formula is C39H66I2O6. The molecule has 0 radical (unpaired) electrons. The molecule has 0 unspecified atom stereocenters. The van der Waals surface area contributed by atoms with Crippen LogP contribution in [-0.2, 0) is 19.2 Å². The minimum atomic E-state index is -0.456. The average Bonchev–Trinajstić information content (AvgIpc) is 2.96. The van der Waals surface area contributed by atoms with Crippen LogP contribution in [0.15, 0.2) is 22.7 Å². The van der Waals surface area contributed by atoms with Crippen LogP contribution in [0.25, 0.3) is 0 Å². The third-order valence-corrected chi connectivity index (χ3v) is 15.1. The van der Waals surface area contributed by atoms with Crippen LogP contribution in [0.1, 0.15) is 145 Å². The van der Waals surface area contributed by atoms with Gasteiger partial charge in [-0.2, -0.15) is 0 Å². The lowest BCUT2D eigenvalue weighted by molar-refractivity contribution is -0.167. The molecule has 0 bridgehead atoms. The van der Waals surface area contributed by atoms with E-state index in [4.69, 9.17) is 0 Å². The van der Waals surface area contributed by atoms with Crippen LogP contribution < -0.4 is 0 Å². The maximum atomic E-state index is 12.1. The van der Waals surface area contributed by atoms with E-state index in [1.807, 2.05) is 125 Å². The normalized spacial score (nSPS) is 27.4. The molecule has 1 saturated carbocycles. The highest BCUT2D eigenvalue weighted by molar-refractivity contribution is 15.0. The van der Waals surface area contributed by atoms with E-state index in [1.165, 1.54) is 0 Å². The molecule has 6 nitrogen and oxygen atoms in total. The van der Waals surface area contributed by atoms with Crippen LogP contribution in [0, 0.1) is 54.7 Å². The summed E-state index contributed by atoms with van der Waals surface area (Å²) in [6.45, 7) is 41.1. The van der Waals surface area contributed by atoms with Crippen LogP contribution >= 0.6 is 37.2 Å². The number of carbonyl (C=O) groups excluding carboxylic acids is 4. The number of hydrogen-bond donors (Lipinski definition) is 2. The van der Waals surface area contributed by atoms with Crippen LogP contribution in [0.2, 0.25) is 0 Å². The second kappa shape index (κ2) is 13.7. The Hall–Kier alpha value is -0.780. The van der Waals surface area contributed by atoms with Gasteiger partial charge in [0.25, 0.3) is 0 Å². The van der Waals surface area contributed by atoms with Gasteiger partial charge in [0.2, 0.25) is 0 Å². The van der Waals surface area contributed by atoms with Gasteiger partial charge in [-0.15, -0.1) is 0 Å². The van der Waals surface area contributed by atoms with Crippen molar-refractivity contribution >= 4 is 60.4 Å². The summed E-state index contributed by atoms with van der Waals surface area (Å²) in [7, 11) is 0. The molecule has 3 rings (SSSR count). The van der Waals surface area contributed by atoms with Gasteiger partial charge in [0.05, 0.1) is 5.92 Å². The number of ketones is 4. The molecule has 2 N–H and O–H groups in total. The van der Waals surface area contributed by atoms with Crippen LogP contribution in [0.4, 0.5) is 0 Å². The first-order valence-corrected chi connectivity index (χ1v) is 22.8. The summed E-state index contributed by atoms with van der Waals surface area (Å²) < 4.78 is 0. The highest BCUT2D eigenvalue weighted by Crippen LogP contribution is 2.60. The lowest BCUT2D eigenvalue weighted by Gasteiger charge is -2.55. The standard InChI is InChI=1S/3C13H22O2.I2/c3*1-8-9(14)11(2,3)13(6,7)12(4,5)10(8)15;1-2/h2*14H,1-7H3;8H,1-7H3;. The van der Waals surface area contributed by atoms with Gasteiger partial charge in [-0.05, 0) is 37.0 Å². The summed E-state index contributed by atoms with van der Waals surface area (Å²) in [5.74, 6) is 0.318. The fraction of sp³-hybridized carbons (Fsp3) is 0.795. The second-order valence-electron chi connectivity index (χ2n) is 18.7. The molecule has 272 valence electrons. The van der Waals surface area contributed by atoms with Gasteiger partial charge in [-0.1, -0.05) is 125 Å². The van der Waals surface area contributed by atoms with Crippen LogP contribution in [0.3, 0.4) is 0 Å². The van der Waals surface area contributed by atoms with Crippen molar-refractivity contribution in [2.75, 3.05) is 0 Å². The first-order chi connectivity index (χ1) is 20.4. The summed E-state index contributed by atoms with van der Waals surface area (Å²) in [5.41, 5.74) is -2.29. The predicted molar refractivity (Wildman–Crippen MR) is 212 cm³/mol. The van der Waals surface area contributed by atoms with Crippen LogP contribution in [-0.4, -0.2) is 33.3 Å². The molecule has 0 amide bonds. The third kappa shape index (κ3) is 6.59. The third-order valence-electron chi connectivity index (χ3n) is 15.1. The molecule has 0 heterocycles. The summed E-state index contributed by atoms with van der Waals surface area (Å²) in [6, 6.07) is 0. The van der Waals surface area contributed by atoms with Gasteiger partial charge in [0, 0.05) is 80.9 Å². The Morgan fingerprint density at radius 2 is 0.617 bits per heavy atom. The minimum absolute atomic E-state index is 0.0596. The molecule has 0 aromatic heterocycles. The van der Waals surface area contributed by atoms with E-state index >= 15 is 0 Å². The summed E-state index contributed by atoms with van der Waals surface area (Å²) in [5, 5.41) is 20.2. The molecule has 0 aliphatic heterocycles. The van der Waals surface area contributed by atoms with Crippen molar-refractivity contribution in [3.63, 3.8) is 0 Å². The van der Waals surface area contributed by atoms with Crippen molar-refractivity contribution in [1.82, 2.24) is 0 Å². The molecule has 8 heteroatoms. The van der Waals surface area contributed by atoms with E-state index in [9.17, 15) is 29.4 Å². The monoisotopic (exact) mass is 884 g/mol. The van der Waals surface area contributed by atoms with Gasteiger partial charge in [-0.25, -0.2) is 0 Å². The summed E-state index contributed by atoms with van der Waals surface area (Å²) >= 11 is 4.24. The molecule has 0 saturated heterocycles. The average molecular weight is 885 g/mol. The largest absolute Gasteiger partial charge is 0.511 e. The topological polar surface area (TPSA) is 109 Å². The van der Waals surface area contributed by atoms with Gasteiger partial charge in [-0.3, -0.25) is 19.2 Å². The number of rotatable bonds is 0. The quantitative estimate of drug-likeness (QED) is 0.185. The van der Waals surface area contributed by atoms with Crippen molar-refractivity contribution in [2.24, 2.45) is 54.7 Å². The smallest absolute Gasteiger partial charge is 0.168 e. The highest BCUT2D eigenvalue weighted by atomic mass is 128. The zero-order chi connectivity index (χ0) is 38.7. The van der Waals surface area contributed by atoms with E-state index in [-0.39, 0.29) is 61.7 Å². The Kier molecular flexibility index (Phi) is 13.5. The zero-order valence-electron chi connectivity index (χ0n) is 33.4. The molecule has 3 aliphatic rings. The maximum Gasteiger partial charge on any atom is 0.168 e. The molecule has 0 atom stereocenters. The minimum Gasteiger partial charge on any atom is -0.511 e.